The fraction of sp³-hybridized carbons (Fsp3) is 0.941. The maximum atomic E-state index is 9.54. The number of hydrogen-bond donors (Lipinski definition) is 1. The van der Waals surface area contributed by atoms with Crippen molar-refractivity contribution in [3.8, 4) is 6.07 Å². The Morgan fingerprint density at radius 2 is 2.00 bits per heavy atom. The minimum absolute atomic E-state index is 0.279. The molecule has 0 amide bonds. The maximum absolute atomic E-state index is 9.54. The Balaban J connectivity index is 1.74. The van der Waals surface area contributed by atoms with Crippen LogP contribution in [0.4, 0.5) is 0 Å². The molecule has 0 aliphatic heterocycles. The van der Waals surface area contributed by atoms with Crippen LogP contribution in [0.3, 0.4) is 0 Å². The molecule has 0 spiro atoms. The lowest BCUT2D eigenvalue weighted by Gasteiger charge is -2.31. The molecule has 0 bridgehead atoms. The van der Waals surface area contributed by atoms with E-state index in [2.05, 4.69) is 25.2 Å². The number of nitriles is 1. The van der Waals surface area contributed by atoms with Crippen LogP contribution in [0.1, 0.15) is 65.2 Å². The third-order valence-corrected chi connectivity index (χ3v) is 5.30. The van der Waals surface area contributed by atoms with E-state index in [1.807, 2.05) is 0 Å². The molecule has 2 unspecified atom stereocenters. The fourth-order valence-corrected chi connectivity index (χ4v) is 3.98. The first-order valence-corrected chi connectivity index (χ1v) is 8.48. The van der Waals surface area contributed by atoms with Crippen molar-refractivity contribution in [2.45, 2.75) is 76.9 Å². The summed E-state index contributed by atoms with van der Waals surface area (Å²) in [6, 6.07) is 2.56. The van der Waals surface area contributed by atoms with Crippen LogP contribution in [-0.2, 0) is 4.74 Å². The van der Waals surface area contributed by atoms with Crippen LogP contribution < -0.4 is 5.32 Å². The number of nitrogens with zero attached hydrogens (tertiary/aromatic N) is 1. The van der Waals surface area contributed by atoms with Gasteiger partial charge in [0.1, 0.15) is 5.54 Å². The van der Waals surface area contributed by atoms with Gasteiger partial charge in [-0.3, -0.25) is 5.32 Å². The third-order valence-electron chi connectivity index (χ3n) is 5.30. The van der Waals surface area contributed by atoms with Gasteiger partial charge in [-0.2, -0.15) is 5.26 Å². The Hall–Kier alpha value is -0.590. The van der Waals surface area contributed by atoms with Gasteiger partial charge in [0.25, 0.3) is 0 Å². The zero-order valence-electron chi connectivity index (χ0n) is 13.2. The van der Waals surface area contributed by atoms with E-state index in [4.69, 9.17) is 4.74 Å². The van der Waals surface area contributed by atoms with Gasteiger partial charge < -0.3 is 4.74 Å². The first-order valence-electron chi connectivity index (χ1n) is 8.48. The van der Waals surface area contributed by atoms with Crippen LogP contribution in [-0.4, -0.2) is 24.8 Å². The number of ether oxygens (including phenoxy) is 1. The molecule has 2 fully saturated rings. The van der Waals surface area contributed by atoms with Crippen molar-refractivity contribution in [1.82, 2.24) is 5.32 Å². The summed E-state index contributed by atoms with van der Waals surface area (Å²) in [4.78, 5) is 0. The van der Waals surface area contributed by atoms with Crippen molar-refractivity contribution in [2.24, 2.45) is 11.8 Å². The van der Waals surface area contributed by atoms with Gasteiger partial charge in [-0.05, 0) is 63.3 Å². The predicted octanol–water partition coefficient (Wildman–Crippen LogP) is 3.64. The summed E-state index contributed by atoms with van der Waals surface area (Å²) in [6.45, 7) is 6.14. The highest BCUT2D eigenvalue weighted by Gasteiger charge is 2.42. The second kappa shape index (κ2) is 7.43. The molecule has 2 saturated carbocycles. The topological polar surface area (TPSA) is 45.0 Å². The maximum Gasteiger partial charge on any atom is 0.109 e. The summed E-state index contributed by atoms with van der Waals surface area (Å²) in [5, 5.41) is 13.0. The summed E-state index contributed by atoms with van der Waals surface area (Å²) in [5.41, 5.74) is -0.279. The normalized spacial score (nSPS) is 37.8. The first kappa shape index (κ1) is 15.8. The summed E-state index contributed by atoms with van der Waals surface area (Å²) < 4.78 is 6.07. The monoisotopic (exact) mass is 278 g/mol. The molecule has 3 heteroatoms. The molecule has 2 aliphatic rings. The van der Waals surface area contributed by atoms with Gasteiger partial charge in [0.15, 0.2) is 0 Å². The van der Waals surface area contributed by atoms with Crippen molar-refractivity contribution in [2.75, 3.05) is 13.2 Å². The van der Waals surface area contributed by atoms with Gasteiger partial charge in [-0.25, -0.2) is 0 Å². The van der Waals surface area contributed by atoms with Crippen LogP contribution in [0.15, 0.2) is 0 Å². The molecule has 0 aromatic rings. The molecule has 20 heavy (non-hydrogen) atoms. The van der Waals surface area contributed by atoms with E-state index in [0.29, 0.717) is 12.0 Å². The molecule has 114 valence electrons. The predicted molar refractivity (Wildman–Crippen MR) is 81.4 cm³/mol. The van der Waals surface area contributed by atoms with Crippen molar-refractivity contribution < 1.29 is 4.74 Å². The summed E-state index contributed by atoms with van der Waals surface area (Å²) in [7, 11) is 0. The smallest absolute Gasteiger partial charge is 0.109 e. The molecular formula is C17H30N2O. The van der Waals surface area contributed by atoms with Gasteiger partial charge in [0.2, 0.25) is 0 Å². The summed E-state index contributed by atoms with van der Waals surface area (Å²) in [5.74, 6) is 1.35. The third kappa shape index (κ3) is 3.74. The van der Waals surface area contributed by atoms with Crippen LogP contribution in [0.25, 0.3) is 0 Å². The highest BCUT2D eigenvalue weighted by atomic mass is 16.5. The minimum atomic E-state index is -0.279. The molecule has 2 atom stereocenters. The number of hydrogen-bond acceptors (Lipinski definition) is 3. The van der Waals surface area contributed by atoms with Crippen LogP contribution in [0.2, 0.25) is 0 Å². The number of rotatable bonds is 6. The lowest BCUT2D eigenvalue weighted by molar-refractivity contribution is 0.0106. The molecule has 3 nitrogen and oxygen atoms in total. The largest absolute Gasteiger partial charge is 0.378 e. The van der Waals surface area contributed by atoms with Crippen molar-refractivity contribution in [3.05, 3.63) is 0 Å². The van der Waals surface area contributed by atoms with Gasteiger partial charge in [-0.1, -0.05) is 20.3 Å². The second-order valence-corrected chi connectivity index (χ2v) is 6.74. The van der Waals surface area contributed by atoms with Gasteiger partial charge in [-0.15, -0.1) is 0 Å². The molecule has 2 rings (SSSR count). The Kier molecular flexibility index (Phi) is 5.86. The van der Waals surface area contributed by atoms with E-state index in [0.717, 1.165) is 31.9 Å². The average molecular weight is 278 g/mol. The van der Waals surface area contributed by atoms with Gasteiger partial charge in [0, 0.05) is 6.61 Å². The zero-order valence-corrected chi connectivity index (χ0v) is 13.2. The minimum Gasteiger partial charge on any atom is -0.378 e. The van der Waals surface area contributed by atoms with E-state index in [1.165, 1.54) is 38.5 Å². The highest BCUT2D eigenvalue weighted by Crippen LogP contribution is 2.37. The quantitative estimate of drug-likeness (QED) is 0.806. The van der Waals surface area contributed by atoms with E-state index >= 15 is 0 Å². The molecule has 1 N–H and O–H groups in total. The van der Waals surface area contributed by atoms with Crippen molar-refractivity contribution in [1.29, 1.82) is 5.26 Å². The van der Waals surface area contributed by atoms with E-state index in [9.17, 15) is 5.26 Å². The molecule has 0 aromatic carbocycles. The highest BCUT2D eigenvalue weighted by molar-refractivity contribution is 5.13. The van der Waals surface area contributed by atoms with Gasteiger partial charge >= 0.3 is 0 Å². The van der Waals surface area contributed by atoms with Crippen LogP contribution in [0, 0.1) is 23.2 Å². The summed E-state index contributed by atoms with van der Waals surface area (Å²) in [6.07, 6.45) is 9.93. The molecule has 0 aromatic heterocycles. The standard InChI is InChI=1S/C17H30N2O/c1-3-19-17(13-18)11-4-5-15(17)10-12-20-16-8-6-14(2)7-9-16/h14-16,19H,3-12H2,1-2H3. The molecule has 2 aliphatic carbocycles. The Labute approximate surface area is 124 Å². The second-order valence-electron chi connectivity index (χ2n) is 6.74. The molecule has 0 saturated heterocycles. The fourth-order valence-electron chi connectivity index (χ4n) is 3.98. The Morgan fingerprint density at radius 3 is 2.65 bits per heavy atom. The zero-order chi connectivity index (χ0) is 14.4. The molecule has 0 radical (unpaired) electrons. The number of nitrogens with one attached hydrogen (secondary N) is 1. The lowest BCUT2D eigenvalue weighted by atomic mass is 9.86. The van der Waals surface area contributed by atoms with E-state index < -0.39 is 0 Å². The van der Waals surface area contributed by atoms with Crippen molar-refractivity contribution >= 4 is 0 Å². The first-order chi connectivity index (χ1) is 9.70. The average Bonchev–Trinajstić information content (AvgIpc) is 2.85. The van der Waals surface area contributed by atoms with E-state index in [1.54, 1.807) is 0 Å². The van der Waals surface area contributed by atoms with Crippen LogP contribution in [0.5, 0.6) is 0 Å². The molecule has 0 heterocycles. The Bertz CT molecular complexity index is 330. The molecular weight excluding hydrogens is 248 g/mol. The van der Waals surface area contributed by atoms with E-state index in [-0.39, 0.29) is 5.54 Å². The lowest BCUT2D eigenvalue weighted by Crippen LogP contribution is -2.47. The van der Waals surface area contributed by atoms with Crippen molar-refractivity contribution in [3.63, 3.8) is 0 Å². The Morgan fingerprint density at radius 1 is 1.25 bits per heavy atom. The van der Waals surface area contributed by atoms with Crippen LogP contribution >= 0.6 is 0 Å². The van der Waals surface area contributed by atoms with Gasteiger partial charge in [0.05, 0.1) is 12.2 Å². The SMILES string of the molecule is CCNC1(C#N)CCCC1CCOC1CCC(C)CC1. The summed E-state index contributed by atoms with van der Waals surface area (Å²) >= 11 is 0.